The lowest BCUT2D eigenvalue weighted by Gasteiger charge is -2.32. The van der Waals surface area contributed by atoms with E-state index in [-0.39, 0.29) is 18.2 Å². The number of carbonyl (C=O) groups excluding carboxylic acids is 1. The second kappa shape index (κ2) is 6.02. The number of amides is 1. The van der Waals surface area contributed by atoms with E-state index >= 15 is 0 Å². The molecule has 1 heterocycles. The molecule has 0 aliphatic carbocycles. The quantitative estimate of drug-likeness (QED) is 0.851. The molecule has 0 spiro atoms. The standard InChI is InChI=1S/C16H22N2O2S/c1-16(2,3)20-15(19)18-12(9-10-13(18)14(17)21)11-7-5-4-6-8-11/h4-8,12-13H,9-10H2,1-3H3,(H2,17,21)/t12-,13-/m0/s1. The first-order valence-electron chi connectivity index (χ1n) is 7.15. The van der Waals surface area contributed by atoms with Gasteiger partial charge in [-0.3, -0.25) is 4.90 Å². The molecular weight excluding hydrogens is 284 g/mol. The maximum absolute atomic E-state index is 12.5. The molecule has 5 heteroatoms. The van der Waals surface area contributed by atoms with Gasteiger partial charge in [-0.05, 0) is 39.2 Å². The lowest BCUT2D eigenvalue weighted by atomic mass is 10.1. The van der Waals surface area contributed by atoms with Gasteiger partial charge in [0.25, 0.3) is 0 Å². The van der Waals surface area contributed by atoms with Gasteiger partial charge in [0.05, 0.1) is 17.1 Å². The van der Waals surface area contributed by atoms with Crippen LogP contribution < -0.4 is 5.73 Å². The molecule has 1 aromatic carbocycles. The van der Waals surface area contributed by atoms with Gasteiger partial charge in [-0.15, -0.1) is 0 Å². The van der Waals surface area contributed by atoms with Crippen molar-refractivity contribution >= 4 is 23.3 Å². The summed E-state index contributed by atoms with van der Waals surface area (Å²) in [6.45, 7) is 5.57. The minimum absolute atomic E-state index is 0.0347. The molecule has 114 valence electrons. The minimum atomic E-state index is -0.540. The minimum Gasteiger partial charge on any atom is -0.444 e. The molecule has 1 aliphatic heterocycles. The Bertz CT molecular complexity index is 525. The number of benzene rings is 1. The average Bonchev–Trinajstić information content (AvgIpc) is 2.82. The van der Waals surface area contributed by atoms with Crippen LogP contribution in [0.3, 0.4) is 0 Å². The number of carbonyl (C=O) groups is 1. The summed E-state index contributed by atoms with van der Waals surface area (Å²) in [4.78, 5) is 14.6. The van der Waals surface area contributed by atoms with E-state index in [1.54, 1.807) is 4.90 Å². The van der Waals surface area contributed by atoms with Gasteiger partial charge >= 0.3 is 6.09 Å². The van der Waals surface area contributed by atoms with E-state index in [0.717, 1.165) is 18.4 Å². The van der Waals surface area contributed by atoms with E-state index in [0.29, 0.717) is 4.99 Å². The third kappa shape index (κ3) is 3.73. The van der Waals surface area contributed by atoms with Crippen molar-refractivity contribution in [2.24, 2.45) is 5.73 Å². The van der Waals surface area contributed by atoms with Crippen LogP contribution in [0.25, 0.3) is 0 Å². The van der Waals surface area contributed by atoms with Crippen LogP contribution >= 0.6 is 12.2 Å². The molecule has 0 radical (unpaired) electrons. The van der Waals surface area contributed by atoms with Crippen molar-refractivity contribution < 1.29 is 9.53 Å². The van der Waals surface area contributed by atoms with Gasteiger partial charge in [-0.1, -0.05) is 42.5 Å². The Balaban J connectivity index is 2.29. The normalized spacial score (nSPS) is 22.1. The lowest BCUT2D eigenvalue weighted by Crippen LogP contribution is -2.46. The van der Waals surface area contributed by atoms with E-state index in [9.17, 15) is 4.79 Å². The van der Waals surface area contributed by atoms with Crippen molar-refractivity contribution in [2.45, 2.75) is 51.3 Å². The number of hydrogen-bond donors (Lipinski definition) is 1. The average molecular weight is 306 g/mol. The highest BCUT2D eigenvalue weighted by molar-refractivity contribution is 7.80. The zero-order valence-corrected chi connectivity index (χ0v) is 13.5. The molecule has 1 aliphatic rings. The number of rotatable bonds is 2. The highest BCUT2D eigenvalue weighted by Crippen LogP contribution is 2.37. The largest absolute Gasteiger partial charge is 0.444 e. The third-order valence-electron chi connectivity index (χ3n) is 3.50. The van der Waals surface area contributed by atoms with E-state index in [2.05, 4.69) is 0 Å². The third-order valence-corrected chi connectivity index (χ3v) is 3.77. The molecule has 2 atom stereocenters. The number of nitrogens with two attached hydrogens (primary N) is 1. The Morgan fingerprint density at radius 2 is 1.90 bits per heavy atom. The Morgan fingerprint density at radius 3 is 2.43 bits per heavy atom. The van der Waals surface area contributed by atoms with Gasteiger partial charge in [-0.2, -0.15) is 0 Å². The molecule has 21 heavy (non-hydrogen) atoms. The van der Waals surface area contributed by atoms with Gasteiger partial charge in [0.1, 0.15) is 5.60 Å². The van der Waals surface area contributed by atoms with Crippen molar-refractivity contribution in [3.63, 3.8) is 0 Å². The molecular formula is C16H22N2O2S. The van der Waals surface area contributed by atoms with Crippen LogP contribution in [0.5, 0.6) is 0 Å². The smallest absolute Gasteiger partial charge is 0.411 e. The molecule has 1 fully saturated rings. The molecule has 2 rings (SSSR count). The van der Waals surface area contributed by atoms with Crippen molar-refractivity contribution in [2.75, 3.05) is 0 Å². The van der Waals surface area contributed by atoms with Crippen LogP contribution in [0.2, 0.25) is 0 Å². The molecule has 4 nitrogen and oxygen atoms in total. The molecule has 1 saturated heterocycles. The van der Waals surface area contributed by atoms with Crippen LogP contribution in [-0.4, -0.2) is 27.6 Å². The summed E-state index contributed by atoms with van der Waals surface area (Å²) in [7, 11) is 0. The SMILES string of the molecule is CC(C)(C)OC(=O)N1[C@H](C(N)=S)CC[C@H]1c1ccccc1. The Hall–Kier alpha value is -1.62. The topological polar surface area (TPSA) is 55.6 Å². The molecule has 0 unspecified atom stereocenters. The van der Waals surface area contributed by atoms with Crippen molar-refractivity contribution in [1.29, 1.82) is 0 Å². The van der Waals surface area contributed by atoms with Crippen LogP contribution in [0, 0.1) is 0 Å². The second-order valence-corrected chi connectivity index (χ2v) is 6.78. The van der Waals surface area contributed by atoms with Crippen LogP contribution in [0.15, 0.2) is 30.3 Å². The van der Waals surface area contributed by atoms with Crippen molar-refractivity contribution in [3.8, 4) is 0 Å². The monoisotopic (exact) mass is 306 g/mol. The Morgan fingerprint density at radius 1 is 1.29 bits per heavy atom. The number of likely N-dealkylation sites (tertiary alicyclic amines) is 1. The summed E-state index contributed by atoms with van der Waals surface area (Å²) in [6, 6.07) is 9.66. The predicted molar refractivity (Wildman–Crippen MR) is 87.1 cm³/mol. The summed E-state index contributed by atoms with van der Waals surface area (Å²) in [6.07, 6.45) is 1.26. The predicted octanol–water partition coefficient (Wildman–Crippen LogP) is 3.41. The highest BCUT2D eigenvalue weighted by atomic mass is 32.1. The first-order valence-corrected chi connectivity index (χ1v) is 7.56. The van der Waals surface area contributed by atoms with Gasteiger partial charge in [-0.25, -0.2) is 4.79 Å². The zero-order valence-electron chi connectivity index (χ0n) is 12.7. The summed E-state index contributed by atoms with van der Waals surface area (Å²) < 4.78 is 5.53. The molecule has 1 amide bonds. The lowest BCUT2D eigenvalue weighted by molar-refractivity contribution is 0.0191. The Labute approximate surface area is 131 Å². The summed E-state index contributed by atoms with van der Waals surface area (Å²) >= 11 is 5.12. The van der Waals surface area contributed by atoms with E-state index in [1.165, 1.54) is 0 Å². The maximum Gasteiger partial charge on any atom is 0.411 e. The molecule has 0 saturated carbocycles. The fourth-order valence-corrected chi connectivity index (χ4v) is 2.89. The number of nitrogens with zero attached hydrogens (tertiary/aromatic N) is 1. The van der Waals surface area contributed by atoms with Crippen LogP contribution in [-0.2, 0) is 4.74 Å². The van der Waals surface area contributed by atoms with Gasteiger partial charge in [0.15, 0.2) is 0 Å². The second-order valence-electron chi connectivity index (χ2n) is 6.31. The summed E-state index contributed by atoms with van der Waals surface area (Å²) in [5, 5.41) is 0. The Kier molecular flexibility index (Phi) is 4.52. The van der Waals surface area contributed by atoms with Gasteiger partial charge < -0.3 is 10.5 Å². The maximum atomic E-state index is 12.5. The molecule has 0 bridgehead atoms. The molecule has 1 aromatic rings. The highest BCUT2D eigenvalue weighted by Gasteiger charge is 2.41. The van der Waals surface area contributed by atoms with E-state index < -0.39 is 5.60 Å². The van der Waals surface area contributed by atoms with Crippen molar-refractivity contribution in [1.82, 2.24) is 4.90 Å². The molecule has 0 aromatic heterocycles. The van der Waals surface area contributed by atoms with Crippen LogP contribution in [0.4, 0.5) is 4.79 Å². The van der Waals surface area contributed by atoms with Crippen LogP contribution in [0.1, 0.15) is 45.2 Å². The summed E-state index contributed by atoms with van der Waals surface area (Å²) in [5.41, 5.74) is 6.36. The van der Waals surface area contributed by atoms with E-state index in [1.807, 2.05) is 51.1 Å². The fourth-order valence-electron chi connectivity index (χ4n) is 2.66. The number of hydrogen-bond acceptors (Lipinski definition) is 3. The van der Waals surface area contributed by atoms with Crippen molar-refractivity contribution in [3.05, 3.63) is 35.9 Å². The fraction of sp³-hybridized carbons (Fsp3) is 0.500. The molecule has 2 N–H and O–H groups in total. The first kappa shape index (κ1) is 15.8. The number of ether oxygens (including phenoxy) is 1. The van der Waals surface area contributed by atoms with E-state index in [4.69, 9.17) is 22.7 Å². The summed E-state index contributed by atoms with van der Waals surface area (Å²) in [5.74, 6) is 0. The van der Waals surface area contributed by atoms with Gasteiger partial charge in [0.2, 0.25) is 0 Å². The first-order chi connectivity index (χ1) is 9.79. The zero-order chi connectivity index (χ0) is 15.6. The number of thiocarbonyl (C=S) groups is 1. The van der Waals surface area contributed by atoms with Gasteiger partial charge in [0, 0.05) is 0 Å².